The molecule has 1 fully saturated rings. The first-order valence-electron chi connectivity index (χ1n) is 7.86. The van der Waals surface area contributed by atoms with Crippen molar-refractivity contribution in [3.05, 3.63) is 46.8 Å². The molecule has 1 saturated heterocycles. The Labute approximate surface area is 134 Å². The van der Waals surface area contributed by atoms with Crippen molar-refractivity contribution in [1.29, 1.82) is 0 Å². The van der Waals surface area contributed by atoms with Crippen molar-refractivity contribution in [2.24, 2.45) is 0 Å². The molecule has 6 nitrogen and oxygen atoms in total. The lowest BCUT2D eigenvalue weighted by molar-refractivity contribution is 0.0445. The number of amides is 1. The SMILES string of the molecule is COc1cccc([C@H]2CCN2C(=O)c2n[nH]c3c2COCC3)c1. The molecule has 120 valence electrons. The van der Waals surface area contributed by atoms with E-state index < -0.39 is 0 Å². The highest BCUT2D eigenvalue weighted by Crippen LogP contribution is 2.36. The van der Waals surface area contributed by atoms with Crippen LogP contribution in [0.4, 0.5) is 0 Å². The number of aromatic amines is 1. The highest BCUT2D eigenvalue weighted by molar-refractivity contribution is 5.94. The minimum atomic E-state index is -0.0212. The summed E-state index contributed by atoms with van der Waals surface area (Å²) < 4.78 is 10.7. The number of likely N-dealkylation sites (tertiary alicyclic amines) is 1. The van der Waals surface area contributed by atoms with Crippen LogP contribution in [0, 0.1) is 0 Å². The second-order valence-electron chi connectivity index (χ2n) is 5.91. The van der Waals surface area contributed by atoms with Crippen molar-refractivity contribution in [2.75, 3.05) is 20.3 Å². The zero-order valence-corrected chi connectivity index (χ0v) is 13.0. The van der Waals surface area contributed by atoms with Gasteiger partial charge in [0.25, 0.3) is 5.91 Å². The van der Waals surface area contributed by atoms with E-state index in [0.29, 0.717) is 18.9 Å². The Morgan fingerprint density at radius 1 is 1.48 bits per heavy atom. The predicted octanol–water partition coefficient (Wildman–Crippen LogP) is 2.08. The number of fused-ring (bicyclic) bond motifs is 1. The van der Waals surface area contributed by atoms with Crippen LogP contribution in [0.3, 0.4) is 0 Å². The maximum absolute atomic E-state index is 12.9. The lowest BCUT2D eigenvalue weighted by Gasteiger charge is -2.41. The summed E-state index contributed by atoms with van der Waals surface area (Å²) in [6.45, 7) is 1.90. The molecule has 1 aromatic heterocycles. The Kier molecular flexibility index (Phi) is 3.53. The number of nitrogens with one attached hydrogen (secondary N) is 1. The van der Waals surface area contributed by atoms with Crippen LogP contribution in [0.15, 0.2) is 24.3 Å². The molecule has 23 heavy (non-hydrogen) atoms. The van der Waals surface area contributed by atoms with Crippen LogP contribution >= 0.6 is 0 Å². The molecular weight excluding hydrogens is 294 g/mol. The van der Waals surface area contributed by atoms with E-state index in [4.69, 9.17) is 9.47 Å². The fourth-order valence-electron chi connectivity index (χ4n) is 3.25. The van der Waals surface area contributed by atoms with Crippen molar-refractivity contribution >= 4 is 5.91 Å². The summed E-state index contributed by atoms with van der Waals surface area (Å²) in [5, 5.41) is 7.23. The normalized spacial score (nSPS) is 19.9. The molecule has 1 N–H and O–H groups in total. The van der Waals surface area contributed by atoms with Crippen molar-refractivity contribution in [3.63, 3.8) is 0 Å². The number of hydrogen-bond acceptors (Lipinski definition) is 4. The number of hydrogen-bond donors (Lipinski definition) is 1. The molecule has 2 aromatic rings. The number of methoxy groups -OCH3 is 1. The summed E-state index contributed by atoms with van der Waals surface area (Å²) in [6, 6.07) is 7.99. The first kappa shape index (κ1) is 14.3. The topological polar surface area (TPSA) is 67.5 Å². The maximum Gasteiger partial charge on any atom is 0.275 e. The number of nitrogens with zero attached hydrogens (tertiary/aromatic N) is 2. The van der Waals surface area contributed by atoms with Gasteiger partial charge in [-0.25, -0.2) is 0 Å². The molecule has 0 unspecified atom stereocenters. The molecule has 2 aliphatic rings. The van der Waals surface area contributed by atoms with Crippen molar-refractivity contribution in [2.45, 2.75) is 25.5 Å². The van der Waals surface area contributed by atoms with E-state index in [-0.39, 0.29) is 11.9 Å². The second kappa shape index (κ2) is 5.70. The minimum Gasteiger partial charge on any atom is -0.497 e. The van der Waals surface area contributed by atoms with Gasteiger partial charge in [0.1, 0.15) is 5.75 Å². The van der Waals surface area contributed by atoms with Crippen LogP contribution in [-0.2, 0) is 17.8 Å². The van der Waals surface area contributed by atoms with Crippen LogP contribution in [-0.4, -0.2) is 41.3 Å². The Hall–Kier alpha value is -2.34. The third-order valence-corrected chi connectivity index (χ3v) is 4.66. The van der Waals surface area contributed by atoms with Gasteiger partial charge in [0.05, 0.1) is 26.4 Å². The zero-order valence-electron chi connectivity index (χ0n) is 13.0. The second-order valence-corrected chi connectivity index (χ2v) is 5.91. The summed E-state index contributed by atoms with van der Waals surface area (Å²) >= 11 is 0. The van der Waals surface area contributed by atoms with Gasteiger partial charge in [0.15, 0.2) is 5.69 Å². The summed E-state index contributed by atoms with van der Waals surface area (Å²) in [5.41, 5.74) is 3.55. The first-order chi connectivity index (χ1) is 11.3. The first-order valence-corrected chi connectivity index (χ1v) is 7.86. The van der Waals surface area contributed by atoms with Gasteiger partial charge in [-0.1, -0.05) is 12.1 Å². The van der Waals surface area contributed by atoms with Gasteiger partial charge in [-0.3, -0.25) is 9.89 Å². The molecule has 0 bridgehead atoms. The summed E-state index contributed by atoms with van der Waals surface area (Å²) in [7, 11) is 1.65. The van der Waals surface area contributed by atoms with Crippen molar-refractivity contribution in [1.82, 2.24) is 15.1 Å². The van der Waals surface area contributed by atoms with Crippen LogP contribution in [0.1, 0.15) is 39.8 Å². The molecule has 0 spiro atoms. The lowest BCUT2D eigenvalue weighted by Crippen LogP contribution is -2.45. The Morgan fingerprint density at radius 2 is 2.39 bits per heavy atom. The molecule has 2 aliphatic heterocycles. The van der Waals surface area contributed by atoms with Crippen LogP contribution in [0.2, 0.25) is 0 Å². The zero-order chi connectivity index (χ0) is 15.8. The molecule has 3 heterocycles. The molecule has 0 saturated carbocycles. The van der Waals surface area contributed by atoms with E-state index in [9.17, 15) is 4.79 Å². The number of benzene rings is 1. The Morgan fingerprint density at radius 3 is 3.17 bits per heavy atom. The van der Waals surface area contributed by atoms with E-state index in [1.54, 1.807) is 7.11 Å². The Bertz CT molecular complexity index is 740. The molecule has 4 rings (SSSR count). The van der Waals surface area contributed by atoms with E-state index in [1.807, 2.05) is 29.2 Å². The van der Waals surface area contributed by atoms with E-state index >= 15 is 0 Å². The van der Waals surface area contributed by atoms with E-state index in [2.05, 4.69) is 10.2 Å². The van der Waals surface area contributed by atoms with Gasteiger partial charge < -0.3 is 14.4 Å². The number of rotatable bonds is 3. The fraction of sp³-hybridized carbons (Fsp3) is 0.412. The summed E-state index contributed by atoms with van der Waals surface area (Å²) in [5.74, 6) is 0.791. The average Bonchev–Trinajstić information content (AvgIpc) is 2.98. The Balaban J connectivity index is 1.58. The maximum atomic E-state index is 12.9. The van der Waals surface area contributed by atoms with Gasteiger partial charge in [0, 0.05) is 24.2 Å². The van der Waals surface area contributed by atoms with Crippen molar-refractivity contribution in [3.8, 4) is 5.75 Å². The summed E-state index contributed by atoms with van der Waals surface area (Å²) in [6.07, 6.45) is 1.75. The number of H-pyrrole nitrogens is 1. The lowest BCUT2D eigenvalue weighted by atomic mass is 9.93. The average molecular weight is 313 g/mol. The highest BCUT2D eigenvalue weighted by atomic mass is 16.5. The van der Waals surface area contributed by atoms with Gasteiger partial charge in [-0.15, -0.1) is 0 Å². The molecule has 0 aliphatic carbocycles. The van der Waals surface area contributed by atoms with Gasteiger partial charge in [-0.2, -0.15) is 5.10 Å². The van der Waals surface area contributed by atoms with E-state index in [1.165, 1.54) is 0 Å². The third-order valence-electron chi connectivity index (χ3n) is 4.66. The number of ether oxygens (including phenoxy) is 2. The van der Waals surface area contributed by atoms with Gasteiger partial charge in [-0.05, 0) is 24.1 Å². The number of aromatic nitrogens is 2. The number of carbonyl (C=O) groups excluding carboxylic acids is 1. The number of carbonyl (C=O) groups is 1. The van der Waals surface area contributed by atoms with Gasteiger partial charge in [0.2, 0.25) is 0 Å². The molecule has 1 amide bonds. The van der Waals surface area contributed by atoms with Crippen LogP contribution in [0.25, 0.3) is 0 Å². The largest absolute Gasteiger partial charge is 0.497 e. The van der Waals surface area contributed by atoms with Crippen LogP contribution in [0.5, 0.6) is 5.75 Å². The smallest absolute Gasteiger partial charge is 0.275 e. The molecule has 1 atom stereocenters. The molecule has 6 heteroatoms. The molecule has 1 aromatic carbocycles. The molecule has 0 radical (unpaired) electrons. The monoisotopic (exact) mass is 313 g/mol. The quantitative estimate of drug-likeness (QED) is 0.942. The third kappa shape index (κ3) is 2.39. The summed E-state index contributed by atoms with van der Waals surface area (Å²) in [4.78, 5) is 14.7. The van der Waals surface area contributed by atoms with Gasteiger partial charge >= 0.3 is 0 Å². The fourth-order valence-corrected chi connectivity index (χ4v) is 3.25. The van der Waals surface area contributed by atoms with E-state index in [0.717, 1.165) is 42.0 Å². The van der Waals surface area contributed by atoms with Crippen LogP contribution < -0.4 is 4.74 Å². The minimum absolute atomic E-state index is 0.0212. The standard InChI is InChI=1S/C17H19N3O3/c1-22-12-4-2-3-11(9-12)15-5-7-20(15)17(21)16-13-10-23-8-6-14(13)18-19-16/h2-4,9,15H,5-8,10H2,1H3,(H,18,19)/t15-/m1/s1. The molecular formula is C17H19N3O3. The van der Waals surface area contributed by atoms with Crippen molar-refractivity contribution < 1.29 is 14.3 Å². The predicted molar refractivity (Wildman–Crippen MR) is 83.3 cm³/mol. The highest BCUT2D eigenvalue weighted by Gasteiger charge is 2.36.